The maximum absolute atomic E-state index is 13.2. The average Bonchev–Trinajstić information content (AvgIpc) is 3.12. The molecule has 54 heavy (non-hydrogen) atoms. The Labute approximate surface area is 329 Å². The highest BCUT2D eigenvalue weighted by Gasteiger charge is 2.30. The maximum Gasteiger partial charge on any atom is 0.326 e. The molecule has 0 aromatic heterocycles. The van der Waals surface area contributed by atoms with Crippen molar-refractivity contribution in [3.05, 3.63) is 0 Å². The van der Waals surface area contributed by atoms with Crippen LogP contribution in [0.3, 0.4) is 0 Å². The summed E-state index contributed by atoms with van der Waals surface area (Å²) >= 11 is 0. The second-order valence-electron chi connectivity index (χ2n) is 16.0. The molecule has 0 saturated carbocycles. The number of ether oxygens (including phenoxy) is 1. The van der Waals surface area contributed by atoms with Crippen molar-refractivity contribution in [1.82, 2.24) is 10.6 Å². The number of esters is 1. The first-order chi connectivity index (χ1) is 26.0. The molecule has 3 atom stereocenters. The predicted octanol–water partition coefficient (Wildman–Crippen LogP) is 10.8. The van der Waals surface area contributed by atoms with Gasteiger partial charge in [-0.2, -0.15) is 0 Å². The molecule has 0 aliphatic heterocycles. The molecule has 0 aliphatic carbocycles. The van der Waals surface area contributed by atoms with Crippen molar-refractivity contribution < 1.29 is 38.9 Å². The van der Waals surface area contributed by atoms with Gasteiger partial charge in [0, 0.05) is 12.8 Å². The molecule has 0 radical (unpaired) electrons. The lowest BCUT2D eigenvalue weighted by atomic mass is 10.0. The minimum Gasteiger partial charge on any atom is -0.481 e. The van der Waals surface area contributed by atoms with Gasteiger partial charge in [0.25, 0.3) is 0 Å². The Bertz CT molecular complexity index is 972. The Morgan fingerprint density at radius 1 is 0.519 bits per heavy atom. The van der Waals surface area contributed by atoms with E-state index in [0.717, 1.165) is 38.5 Å². The van der Waals surface area contributed by atoms with Crippen LogP contribution in [0, 0.1) is 5.92 Å². The standard InChI is InChI=1S/C44H82N2O8/c1-5-7-9-11-13-15-17-19-21-23-25-27-29-31-37(54-41(50)32-30-28-26-24-22-20-18-16-14-12-10-8-6-2)35-39(47)46-42(36(3)4)43(51)45-38(44(52)53)33-34-40(48)49/h36-38,42H,5-35H2,1-4H3,(H,45,51)(H,46,47)(H,48,49)(H,52,53)/t37?,38-,42-/m0/s1. The number of aliphatic carboxylic acids is 2. The van der Waals surface area contributed by atoms with Crippen LogP contribution in [0.1, 0.15) is 227 Å². The first-order valence-electron chi connectivity index (χ1n) is 22.3. The van der Waals surface area contributed by atoms with E-state index in [2.05, 4.69) is 24.5 Å². The molecule has 10 heteroatoms. The fraction of sp³-hybridized carbons (Fsp3) is 0.886. The van der Waals surface area contributed by atoms with Gasteiger partial charge in [-0.1, -0.05) is 182 Å². The molecular formula is C44H82N2O8. The van der Waals surface area contributed by atoms with Crippen LogP contribution in [-0.2, 0) is 28.7 Å². The lowest BCUT2D eigenvalue weighted by molar-refractivity contribution is -0.151. The number of rotatable bonds is 39. The summed E-state index contributed by atoms with van der Waals surface area (Å²) in [5, 5.41) is 23.5. The van der Waals surface area contributed by atoms with E-state index in [9.17, 15) is 29.1 Å². The summed E-state index contributed by atoms with van der Waals surface area (Å²) in [6.07, 6.45) is 31.3. The van der Waals surface area contributed by atoms with Crippen molar-refractivity contribution in [3.8, 4) is 0 Å². The Morgan fingerprint density at radius 2 is 0.926 bits per heavy atom. The van der Waals surface area contributed by atoms with E-state index < -0.39 is 48.4 Å². The van der Waals surface area contributed by atoms with E-state index in [0.29, 0.717) is 12.8 Å². The zero-order valence-electron chi connectivity index (χ0n) is 35.1. The van der Waals surface area contributed by atoms with Gasteiger partial charge in [0.05, 0.1) is 6.42 Å². The molecule has 2 amide bonds. The molecule has 0 bridgehead atoms. The maximum atomic E-state index is 13.2. The summed E-state index contributed by atoms with van der Waals surface area (Å²) < 4.78 is 5.85. The van der Waals surface area contributed by atoms with E-state index in [1.807, 2.05) is 0 Å². The number of carboxylic acids is 2. The van der Waals surface area contributed by atoms with Crippen LogP contribution in [0.5, 0.6) is 0 Å². The topological polar surface area (TPSA) is 159 Å². The number of carbonyl (C=O) groups excluding carboxylic acids is 3. The SMILES string of the molecule is CCCCCCCCCCCCCCCC(=O)OC(CCCCCCCCCCCCCCC)CC(=O)N[C@H](C(=O)N[C@@H](CCC(=O)O)C(=O)O)C(C)C. The van der Waals surface area contributed by atoms with Crippen LogP contribution in [0.25, 0.3) is 0 Å². The lowest BCUT2D eigenvalue weighted by Gasteiger charge is -2.25. The number of hydrogen-bond acceptors (Lipinski definition) is 6. The normalized spacial score (nSPS) is 13.0. The van der Waals surface area contributed by atoms with Gasteiger partial charge < -0.3 is 25.6 Å². The molecule has 0 rings (SSSR count). The minimum atomic E-state index is -1.39. The van der Waals surface area contributed by atoms with Crippen molar-refractivity contribution in [2.24, 2.45) is 5.92 Å². The summed E-state index contributed by atoms with van der Waals surface area (Å²) in [4.78, 5) is 61.8. The zero-order valence-corrected chi connectivity index (χ0v) is 35.1. The number of carboxylic acid groups (broad SMARTS) is 2. The van der Waals surface area contributed by atoms with Crippen LogP contribution in [0.4, 0.5) is 0 Å². The van der Waals surface area contributed by atoms with Gasteiger partial charge in [0.2, 0.25) is 11.8 Å². The highest BCUT2D eigenvalue weighted by molar-refractivity contribution is 5.91. The monoisotopic (exact) mass is 767 g/mol. The van der Waals surface area contributed by atoms with Crippen LogP contribution in [0.2, 0.25) is 0 Å². The van der Waals surface area contributed by atoms with Crippen molar-refractivity contribution in [1.29, 1.82) is 0 Å². The zero-order chi connectivity index (χ0) is 40.2. The quantitative estimate of drug-likeness (QED) is 0.0355. The largest absolute Gasteiger partial charge is 0.481 e. The average molecular weight is 767 g/mol. The minimum absolute atomic E-state index is 0.0829. The molecule has 316 valence electrons. The molecule has 10 nitrogen and oxygen atoms in total. The number of amides is 2. The highest BCUT2D eigenvalue weighted by Crippen LogP contribution is 2.18. The molecule has 0 heterocycles. The lowest BCUT2D eigenvalue weighted by Crippen LogP contribution is -2.54. The second-order valence-corrected chi connectivity index (χ2v) is 16.0. The van der Waals surface area contributed by atoms with Gasteiger partial charge in [-0.25, -0.2) is 4.79 Å². The fourth-order valence-electron chi connectivity index (χ4n) is 6.89. The van der Waals surface area contributed by atoms with Gasteiger partial charge in [-0.05, 0) is 31.6 Å². The number of nitrogens with one attached hydrogen (secondary N) is 2. The van der Waals surface area contributed by atoms with E-state index in [-0.39, 0.29) is 24.7 Å². The highest BCUT2D eigenvalue weighted by atomic mass is 16.5. The molecular weight excluding hydrogens is 684 g/mol. The number of carbonyl (C=O) groups is 5. The molecule has 4 N–H and O–H groups in total. The van der Waals surface area contributed by atoms with Gasteiger partial charge in [-0.3, -0.25) is 19.2 Å². The van der Waals surface area contributed by atoms with Gasteiger partial charge in [0.1, 0.15) is 18.2 Å². The van der Waals surface area contributed by atoms with E-state index in [4.69, 9.17) is 9.84 Å². The van der Waals surface area contributed by atoms with Gasteiger partial charge >= 0.3 is 17.9 Å². The van der Waals surface area contributed by atoms with E-state index in [1.165, 1.54) is 128 Å². The molecule has 0 spiro atoms. The van der Waals surface area contributed by atoms with Crippen LogP contribution < -0.4 is 10.6 Å². The first-order valence-corrected chi connectivity index (χ1v) is 22.3. The summed E-state index contributed by atoms with van der Waals surface area (Å²) in [7, 11) is 0. The third-order valence-corrected chi connectivity index (χ3v) is 10.4. The smallest absolute Gasteiger partial charge is 0.326 e. The number of hydrogen-bond donors (Lipinski definition) is 4. The summed E-state index contributed by atoms with van der Waals surface area (Å²) in [6, 6.07) is -2.41. The third kappa shape index (κ3) is 31.7. The van der Waals surface area contributed by atoms with Gasteiger partial charge in [-0.15, -0.1) is 0 Å². The molecule has 0 fully saturated rings. The van der Waals surface area contributed by atoms with Crippen LogP contribution in [-0.4, -0.2) is 58.1 Å². The van der Waals surface area contributed by atoms with E-state index >= 15 is 0 Å². The molecule has 0 saturated heterocycles. The van der Waals surface area contributed by atoms with Crippen LogP contribution >= 0.6 is 0 Å². The Balaban J connectivity index is 4.86. The molecule has 0 aromatic rings. The first kappa shape index (κ1) is 51.4. The Morgan fingerprint density at radius 3 is 1.31 bits per heavy atom. The number of unbranched alkanes of at least 4 members (excludes halogenated alkanes) is 24. The predicted molar refractivity (Wildman–Crippen MR) is 218 cm³/mol. The molecule has 1 unspecified atom stereocenters. The van der Waals surface area contributed by atoms with Crippen molar-refractivity contribution in [3.63, 3.8) is 0 Å². The van der Waals surface area contributed by atoms with E-state index in [1.54, 1.807) is 13.8 Å². The Kier molecular flexibility index (Phi) is 34.2. The van der Waals surface area contributed by atoms with Crippen molar-refractivity contribution >= 4 is 29.7 Å². The van der Waals surface area contributed by atoms with Gasteiger partial charge in [0.15, 0.2) is 0 Å². The third-order valence-electron chi connectivity index (χ3n) is 10.4. The summed E-state index contributed by atoms with van der Waals surface area (Å²) in [5.74, 6) is -4.31. The Hall–Kier alpha value is -2.65. The van der Waals surface area contributed by atoms with Crippen molar-refractivity contribution in [2.75, 3.05) is 0 Å². The molecule has 0 aliphatic rings. The van der Waals surface area contributed by atoms with Crippen LogP contribution in [0.15, 0.2) is 0 Å². The second kappa shape index (κ2) is 36.0. The molecule has 0 aromatic carbocycles. The summed E-state index contributed by atoms with van der Waals surface area (Å²) in [6.45, 7) is 7.96. The summed E-state index contributed by atoms with van der Waals surface area (Å²) in [5.41, 5.74) is 0. The fourth-order valence-corrected chi connectivity index (χ4v) is 6.89. The van der Waals surface area contributed by atoms with Crippen molar-refractivity contribution in [2.45, 2.75) is 245 Å².